The number of rotatable bonds is 5. The van der Waals surface area contributed by atoms with Crippen LogP contribution in [0.25, 0.3) is 55.0 Å². The van der Waals surface area contributed by atoms with Gasteiger partial charge in [-0.1, -0.05) is 78.9 Å². The van der Waals surface area contributed by atoms with Crippen LogP contribution in [0, 0.1) is 0 Å². The summed E-state index contributed by atoms with van der Waals surface area (Å²) >= 11 is 0. The molecule has 0 spiro atoms. The zero-order chi connectivity index (χ0) is 31.2. The third-order valence-corrected chi connectivity index (χ3v) is 8.46. The molecule has 0 unspecified atom stereocenters. The van der Waals surface area contributed by atoms with Gasteiger partial charge < -0.3 is 13.9 Å². The van der Waals surface area contributed by atoms with Crippen molar-refractivity contribution in [2.45, 2.75) is 0 Å². The molecule has 0 bridgehead atoms. The molecule has 2 aromatic heterocycles. The van der Waals surface area contributed by atoms with E-state index < -0.39 is 11.8 Å². The molecule has 2 amide bonds. The van der Waals surface area contributed by atoms with E-state index in [2.05, 4.69) is 74.6 Å². The molecule has 7 nitrogen and oxygen atoms in total. The Morgan fingerprint density at radius 1 is 0.478 bits per heavy atom. The molecule has 6 aromatic carbocycles. The van der Waals surface area contributed by atoms with Crippen molar-refractivity contribution in [3.8, 4) is 17.1 Å². The molecular formula is C39H28N4O3. The minimum absolute atomic E-state index is 0.365. The summed E-state index contributed by atoms with van der Waals surface area (Å²) in [5.41, 5.74) is 11.7. The number of methoxy groups -OCH3 is 1. The Morgan fingerprint density at radius 3 is 1.33 bits per heavy atom. The molecular weight excluding hydrogens is 572 g/mol. The summed E-state index contributed by atoms with van der Waals surface area (Å²) in [6, 6.07) is 45.7. The Hall–Kier alpha value is -6.34. The van der Waals surface area contributed by atoms with Crippen LogP contribution in [0.5, 0.6) is 5.75 Å². The fourth-order valence-electron chi connectivity index (χ4n) is 6.41. The minimum atomic E-state index is -0.451. The number of nitrogens with zero attached hydrogens (tertiary/aromatic N) is 2. The number of carbonyl (C=O) groups excluding carboxylic acids is 2. The SMILES string of the molecule is COc1cccc(C(=O)NNC(=O)c2cc(-n3c4ccccc4c4ccccc43)cc(-n3c4ccccc4c4ccccc43)c2)c1. The molecule has 8 rings (SSSR count). The van der Waals surface area contributed by atoms with E-state index in [0.717, 1.165) is 55.0 Å². The summed E-state index contributed by atoms with van der Waals surface area (Å²) in [4.78, 5) is 26.8. The average Bonchev–Trinajstić information content (AvgIpc) is 3.63. The maximum atomic E-state index is 13.8. The number of nitrogens with one attached hydrogen (secondary N) is 2. The lowest BCUT2D eigenvalue weighted by Crippen LogP contribution is -2.41. The first kappa shape index (κ1) is 27.2. The lowest BCUT2D eigenvalue weighted by molar-refractivity contribution is 0.0846. The highest BCUT2D eigenvalue weighted by atomic mass is 16.5. The van der Waals surface area contributed by atoms with E-state index >= 15 is 0 Å². The molecule has 222 valence electrons. The molecule has 7 heteroatoms. The summed E-state index contributed by atoms with van der Waals surface area (Å²) in [7, 11) is 1.54. The summed E-state index contributed by atoms with van der Waals surface area (Å²) in [6.45, 7) is 0. The van der Waals surface area contributed by atoms with Crippen molar-refractivity contribution in [3.63, 3.8) is 0 Å². The molecule has 0 aliphatic carbocycles. The number of aromatic nitrogens is 2. The molecule has 0 saturated heterocycles. The van der Waals surface area contributed by atoms with Crippen molar-refractivity contribution in [1.82, 2.24) is 20.0 Å². The van der Waals surface area contributed by atoms with Gasteiger partial charge in [0.15, 0.2) is 0 Å². The Morgan fingerprint density at radius 2 is 0.891 bits per heavy atom. The second kappa shape index (κ2) is 11.0. The summed E-state index contributed by atoms with van der Waals surface area (Å²) in [6.07, 6.45) is 0. The van der Waals surface area contributed by atoms with Crippen LogP contribution in [0.1, 0.15) is 20.7 Å². The van der Waals surface area contributed by atoms with Gasteiger partial charge in [-0.05, 0) is 60.7 Å². The van der Waals surface area contributed by atoms with Gasteiger partial charge in [-0.25, -0.2) is 0 Å². The lowest BCUT2D eigenvalue weighted by Gasteiger charge is -2.16. The number of hydrazine groups is 1. The normalized spacial score (nSPS) is 11.3. The fraction of sp³-hybridized carbons (Fsp3) is 0.0256. The smallest absolute Gasteiger partial charge is 0.269 e. The molecule has 0 atom stereocenters. The highest BCUT2D eigenvalue weighted by Gasteiger charge is 2.19. The monoisotopic (exact) mass is 600 g/mol. The lowest BCUT2D eigenvalue weighted by atomic mass is 10.1. The van der Waals surface area contributed by atoms with Gasteiger partial charge in [-0.2, -0.15) is 0 Å². The highest BCUT2D eigenvalue weighted by molar-refractivity contribution is 6.11. The summed E-state index contributed by atoms with van der Waals surface area (Å²) in [5, 5.41) is 4.49. The van der Waals surface area contributed by atoms with E-state index in [9.17, 15) is 9.59 Å². The number of ether oxygens (including phenoxy) is 1. The quantitative estimate of drug-likeness (QED) is 0.197. The Bertz CT molecular complexity index is 2230. The number of hydrogen-bond donors (Lipinski definition) is 2. The molecule has 0 aliphatic rings. The zero-order valence-electron chi connectivity index (χ0n) is 24.9. The highest BCUT2D eigenvalue weighted by Crippen LogP contribution is 2.36. The standard InChI is InChI=1S/C39H28N4O3/c1-46-29-12-10-11-25(23-29)38(44)40-41-39(45)26-21-27(42-34-17-6-2-13-30(34)31-14-3-7-18-35(31)42)24-28(22-26)43-36-19-8-4-15-32(36)33-16-5-9-20-37(33)43/h2-24H,1H3,(H,40,44)(H,41,45). The molecule has 0 radical (unpaired) electrons. The molecule has 0 fully saturated rings. The summed E-state index contributed by atoms with van der Waals surface area (Å²) in [5.74, 6) is -0.344. The first-order valence-electron chi connectivity index (χ1n) is 15.0. The number of benzene rings is 6. The topological polar surface area (TPSA) is 77.3 Å². The van der Waals surface area contributed by atoms with Crippen LogP contribution in [0.3, 0.4) is 0 Å². The van der Waals surface area contributed by atoms with E-state index in [1.165, 1.54) is 7.11 Å². The minimum Gasteiger partial charge on any atom is -0.497 e. The second-order valence-corrected chi connectivity index (χ2v) is 11.1. The van der Waals surface area contributed by atoms with Crippen LogP contribution in [-0.2, 0) is 0 Å². The fourth-order valence-corrected chi connectivity index (χ4v) is 6.41. The van der Waals surface area contributed by atoms with E-state index in [1.54, 1.807) is 24.3 Å². The van der Waals surface area contributed by atoms with Gasteiger partial charge >= 0.3 is 0 Å². The van der Waals surface area contributed by atoms with Gasteiger partial charge in [-0.3, -0.25) is 20.4 Å². The van der Waals surface area contributed by atoms with Crippen LogP contribution >= 0.6 is 0 Å². The van der Waals surface area contributed by atoms with Crippen molar-refractivity contribution >= 4 is 55.4 Å². The van der Waals surface area contributed by atoms with E-state index in [0.29, 0.717) is 16.9 Å². The van der Waals surface area contributed by atoms with E-state index in [1.807, 2.05) is 60.7 Å². The van der Waals surface area contributed by atoms with E-state index in [-0.39, 0.29) is 0 Å². The van der Waals surface area contributed by atoms with Crippen molar-refractivity contribution in [3.05, 3.63) is 151 Å². The van der Waals surface area contributed by atoms with Crippen LogP contribution in [-0.4, -0.2) is 28.1 Å². The number of carbonyl (C=O) groups is 2. The first-order valence-corrected chi connectivity index (χ1v) is 15.0. The van der Waals surface area contributed by atoms with Gasteiger partial charge in [0.1, 0.15) is 5.75 Å². The van der Waals surface area contributed by atoms with Crippen molar-refractivity contribution < 1.29 is 14.3 Å². The third-order valence-electron chi connectivity index (χ3n) is 8.46. The number of fused-ring (bicyclic) bond motifs is 6. The average molecular weight is 601 g/mol. The van der Waals surface area contributed by atoms with Crippen molar-refractivity contribution in [2.24, 2.45) is 0 Å². The van der Waals surface area contributed by atoms with Gasteiger partial charge in [0.25, 0.3) is 11.8 Å². The van der Waals surface area contributed by atoms with Crippen LogP contribution < -0.4 is 15.6 Å². The van der Waals surface area contributed by atoms with Gasteiger partial charge in [-0.15, -0.1) is 0 Å². The van der Waals surface area contributed by atoms with Crippen molar-refractivity contribution in [2.75, 3.05) is 7.11 Å². The first-order chi connectivity index (χ1) is 22.6. The molecule has 8 aromatic rings. The zero-order valence-corrected chi connectivity index (χ0v) is 24.9. The number of para-hydroxylation sites is 4. The maximum absolute atomic E-state index is 13.8. The van der Waals surface area contributed by atoms with Crippen molar-refractivity contribution in [1.29, 1.82) is 0 Å². The second-order valence-electron chi connectivity index (χ2n) is 11.1. The molecule has 2 N–H and O–H groups in total. The summed E-state index contributed by atoms with van der Waals surface area (Å²) < 4.78 is 9.62. The predicted molar refractivity (Wildman–Crippen MR) is 183 cm³/mol. The van der Waals surface area contributed by atoms with Crippen LogP contribution in [0.15, 0.2) is 140 Å². The van der Waals surface area contributed by atoms with Gasteiger partial charge in [0, 0.05) is 44.0 Å². The molecule has 0 aliphatic heterocycles. The Kier molecular flexibility index (Phi) is 6.50. The predicted octanol–water partition coefficient (Wildman–Crippen LogP) is 7.96. The largest absolute Gasteiger partial charge is 0.497 e. The van der Waals surface area contributed by atoms with E-state index in [4.69, 9.17) is 4.74 Å². The third kappa shape index (κ3) is 4.45. The van der Waals surface area contributed by atoms with Gasteiger partial charge in [0.05, 0.1) is 29.2 Å². The molecule has 2 heterocycles. The van der Waals surface area contributed by atoms with Crippen LogP contribution in [0.2, 0.25) is 0 Å². The Labute approximate surface area is 264 Å². The number of hydrogen-bond acceptors (Lipinski definition) is 3. The molecule has 46 heavy (non-hydrogen) atoms. The van der Waals surface area contributed by atoms with Crippen LogP contribution in [0.4, 0.5) is 0 Å². The Balaban J connectivity index is 1.31. The molecule has 0 saturated carbocycles. The maximum Gasteiger partial charge on any atom is 0.269 e. The van der Waals surface area contributed by atoms with Gasteiger partial charge in [0.2, 0.25) is 0 Å². The number of amides is 2.